The summed E-state index contributed by atoms with van der Waals surface area (Å²) in [4.78, 5) is 11.1. The fourth-order valence-electron chi connectivity index (χ4n) is 2.05. The molecule has 1 N–H and O–H groups in total. The third kappa shape index (κ3) is 1.53. The second-order valence-corrected chi connectivity index (χ2v) is 3.97. The lowest BCUT2D eigenvalue weighted by Gasteiger charge is -2.28. The van der Waals surface area contributed by atoms with E-state index in [-0.39, 0.29) is 0 Å². The number of hydrogen-bond donors (Lipinski definition) is 1. The van der Waals surface area contributed by atoms with Gasteiger partial charge >= 0.3 is 0 Å². The molecule has 2 aromatic rings. The van der Waals surface area contributed by atoms with Crippen LogP contribution in [-0.4, -0.2) is 36.1 Å². The van der Waals surface area contributed by atoms with E-state index in [4.69, 9.17) is 4.42 Å². The lowest BCUT2D eigenvalue weighted by atomic mass is 10.3. The zero-order valence-corrected chi connectivity index (χ0v) is 9.23. The predicted octanol–water partition coefficient (Wildman–Crippen LogP) is 0.941. The summed E-state index contributed by atoms with van der Waals surface area (Å²) in [6.07, 6.45) is 1.67. The topological polar surface area (TPSA) is 54.2 Å². The molecule has 0 aliphatic carbocycles. The Morgan fingerprint density at radius 1 is 1.31 bits per heavy atom. The van der Waals surface area contributed by atoms with E-state index in [9.17, 15) is 0 Å². The highest BCUT2D eigenvalue weighted by atomic mass is 16.3. The lowest BCUT2D eigenvalue weighted by molar-refractivity contribution is 0.572. The Bertz CT molecular complexity index is 502. The fourth-order valence-corrected chi connectivity index (χ4v) is 2.05. The van der Waals surface area contributed by atoms with Gasteiger partial charge in [0, 0.05) is 32.2 Å². The first-order chi connectivity index (χ1) is 7.84. The Hall–Kier alpha value is -1.62. The summed E-state index contributed by atoms with van der Waals surface area (Å²) < 4.78 is 5.47. The van der Waals surface area contributed by atoms with Gasteiger partial charge in [0.2, 0.25) is 0 Å². The number of aromatic nitrogens is 2. The molecule has 0 saturated carbocycles. The van der Waals surface area contributed by atoms with E-state index >= 15 is 0 Å². The van der Waals surface area contributed by atoms with E-state index in [1.165, 1.54) is 0 Å². The van der Waals surface area contributed by atoms with Crippen molar-refractivity contribution in [3.8, 4) is 0 Å². The molecular weight excluding hydrogens is 204 g/mol. The van der Waals surface area contributed by atoms with Crippen LogP contribution in [0.3, 0.4) is 0 Å². The van der Waals surface area contributed by atoms with Crippen molar-refractivity contribution in [1.29, 1.82) is 0 Å². The summed E-state index contributed by atoms with van der Waals surface area (Å²) in [5.41, 5.74) is 1.69. The number of hydrogen-bond acceptors (Lipinski definition) is 5. The maximum absolute atomic E-state index is 5.47. The highest BCUT2D eigenvalue weighted by molar-refractivity contribution is 5.84. The van der Waals surface area contributed by atoms with Gasteiger partial charge < -0.3 is 14.6 Å². The van der Waals surface area contributed by atoms with Crippen LogP contribution in [0.25, 0.3) is 11.1 Å². The number of rotatable bonds is 1. The molecule has 1 fully saturated rings. The smallest absolute Gasteiger partial charge is 0.194 e. The highest BCUT2D eigenvalue weighted by Crippen LogP contribution is 2.24. The Morgan fingerprint density at radius 2 is 2.12 bits per heavy atom. The number of nitrogens with one attached hydrogen (secondary N) is 1. The predicted molar refractivity (Wildman–Crippen MR) is 61.6 cm³/mol. The van der Waals surface area contributed by atoms with E-state index in [2.05, 4.69) is 20.2 Å². The molecule has 1 saturated heterocycles. The van der Waals surface area contributed by atoms with Crippen LogP contribution in [0.15, 0.2) is 16.7 Å². The summed E-state index contributed by atoms with van der Waals surface area (Å²) in [7, 11) is 0. The van der Waals surface area contributed by atoms with Crippen LogP contribution in [-0.2, 0) is 0 Å². The first-order valence-electron chi connectivity index (χ1n) is 5.52. The summed E-state index contributed by atoms with van der Waals surface area (Å²) in [5.74, 6) is 1.72. The first kappa shape index (κ1) is 9.59. The number of aryl methyl sites for hydroxylation is 1. The quantitative estimate of drug-likeness (QED) is 0.772. The molecule has 5 heteroatoms. The molecule has 1 aliphatic rings. The van der Waals surface area contributed by atoms with Crippen LogP contribution >= 0.6 is 0 Å². The van der Waals surface area contributed by atoms with Crippen molar-refractivity contribution in [2.75, 3.05) is 31.1 Å². The average molecular weight is 218 g/mol. The van der Waals surface area contributed by atoms with E-state index < -0.39 is 0 Å². The Balaban J connectivity index is 2.09. The van der Waals surface area contributed by atoms with Crippen molar-refractivity contribution in [3.05, 3.63) is 18.2 Å². The van der Waals surface area contributed by atoms with Gasteiger partial charge in [-0.1, -0.05) is 0 Å². The molecule has 0 aromatic carbocycles. The van der Waals surface area contributed by atoms with Gasteiger partial charge in [-0.15, -0.1) is 0 Å². The zero-order valence-electron chi connectivity index (χ0n) is 9.23. The van der Waals surface area contributed by atoms with E-state index in [1.807, 2.05) is 13.0 Å². The largest absolute Gasteiger partial charge is 0.459 e. The molecule has 0 radical (unpaired) electrons. The molecule has 84 valence electrons. The summed E-state index contributed by atoms with van der Waals surface area (Å²) in [6, 6.07) is 1.88. The van der Waals surface area contributed by atoms with Gasteiger partial charge in [-0.2, -0.15) is 0 Å². The number of fused-ring (bicyclic) bond motifs is 1. The molecule has 5 nitrogen and oxygen atoms in total. The van der Waals surface area contributed by atoms with Gasteiger partial charge in [-0.25, -0.2) is 9.97 Å². The fraction of sp³-hybridized carbons (Fsp3) is 0.455. The molecule has 0 spiro atoms. The molecule has 2 aromatic heterocycles. The van der Waals surface area contributed by atoms with Crippen molar-refractivity contribution in [2.24, 2.45) is 0 Å². The van der Waals surface area contributed by atoms with Gasteiger partial charge in [-0.3, -0.25) is 0 Å². The second-order valence-electron chi connectivity index (χ2n) is 3.97. The lowest BCUT2D eigenvalue weighted by Crippen LogP contribution is -2.44. The summed E-state index contributed by atoms with van der Waals surface area (Å²) >= 11 is 0. The van der Waals surface area contributed by atoms with Crippen LogP contribution in [0, 0.1) is 6.92 Å². The molecular formula is C11H14N4O. The van der Waals surface area contributed by atoms with Crippen LogP contribution in [0.1, 0.15) is 5.82 Å². The molecule has 0 amide bonds. The van der Waals surface area contributed by atoms with Gasteiger partial charge in [-0.05, 0) is 6.92 Å². The number of anilines is 1. The third-order valence-corrected chi connectivity index (χ3v) is 2.81. The van der Waals surface area contributed by atoms with E-state index in [1.54, 1.807) is 6.26 Å². The second kappa shape index (κ2) is 3.75. The monoisotopic (exact) mass is 218 g/mol. The maximum atomic E-state index is 5.47. The highest BCUT2D eigenvalue weighted by Gasteiger charge is 2.17. The Labute approximate surface area is 93.5 Å². The van der Waals surface area contributed by atoms with Crippen LogP contribution in [0.4, 0.5) is 5.82 Å². The molecule has 1 aliphatic heterocycles. The van der Waals surface area contributed by atoms with Crippen molar-refractivity contribution in [3.63, 3.8) is 0 Å². The maximum Gasteiger partial charge on any atom is 0.194 e. The molecule has 0 unspecified atom stereocenters. The Kier molecular flexibility index (Phi) is 2.25. The molecule has 0 bridgehead atoms. The van der Waals surface area contributed by atoms with Crippen molar-refractivity contribution < 1.29 is 4.42 Å². The normalized spacial score (nSPS) is 16.9. The van der Waals surface area contributed by atoms with Crippen molar-refractivity contribution in [1.82, 2.24) is 15.3 Å². The third-order valence-electron chi connectivity index (χ3n) is 2.81. The van der Waals surface area contributed by atoms with Crippen LogP contribution < -0.4 is 10.2 Å². The first-order valence-corrected chi connectivity index (χ1v) is 5.52. The number of nitrogens with zero attached hydrogens (tertiary/aromatic N) is 3. The Morgan fingerprint density at radius 3 is 2.94 bits per heavy atom. The van der Waals surface area contributed by atoms with Gasteiger partial charge in [0.1, 0.15) is 11.3 Å². The molecule has 3 rings (SSSR count). The molecule has 16 heavy (non-hydrogen) atoms. The zero-order chi connectivity index (χ0) is 11.0. The summed E-state index contributed by atoms with van der Waals surface area (Å²) in [5, 5.41) is 3.33. The number of piperazine rings is 1. The van der Waals surface area contributed by atoms with Crippen LogP contribution in [0.2, 0.25) is 0 Å². The van der Waals surface area contributed by atoms with Gasteiger partial charge in [0.05, 0.1) is 6.26 Å². The van der Waals surface area contributed by atoms with Crippen LogP contribution in [0.5, 0.6) is 0 Å². The number of furan rings is 1. The summed E-state index contributed by atoms with van der Waals surface area (Å²) in [6.45, 7) is 5.83. The van der Waals surface area contributed by atoms with Crippen molar-refractivity contribution >= 4 is 16.9 Å². The van der Waals surface area contributed by atoms with Gasteiger partial charge in [0.25, 0.3) is 0 Å². The standard InChI is InChI=1S/C11H14N4O/c1-8-13-9-2-7-16-10(9)11(14-8)15-5-3-12-4-6-15/h2,7,12H,3-6H2,1H3. The molecule has 0 atom stereocenters. The minimum absolute atomic E-state index is 0.794. The van der Waals surface area contributed by atoms with Gasteiger partial charge in [0.15, 0.2) is 11.4 Å². The van der Waals surface area contributed by atoms with E-state index in [0.29, 0.717) is 0 Å². The van der Waals surface area contributed by atoms with E-state index in [0.717, 1.165) is 48.9 Å². The van der Waals surface area contributed by atoms with Crippen molar-refractivity contribution in [2.45, 2.75) is 6.92 Å². The average Bonchev–Trinajstić information content (AvgIpc) is 2.77. The minimum atomic E-state index is 0.794. The SMILES string of the molecule is Cc1nc(N2CCNCC2)c2occc2n1. The minimum Gasteiger partial charge on any atom is -0.459 e. The molecule has 3 heterocycles.